The zero-order valence-corrected chi connectivity index (χ0v) is 19.3. The van der Waals surface area contributed by atoms with Crippen LogP contribution in [0.1, 0.15) is 30.5 Å². The van der Waals surface area contributed by atoms with Crippen LogP contribution in [0.2, 0.25) is 0 Å². The van der Waals surface area contributed by atoms with Crippen LogP contribution in [0.5, 0.6) is 5.75 Å². The molecule has 2 rings (SSSR count). The second-order valence-electron chi connectivity index (χ2n) is 7.70. The van der Waals surface area contributed by atoms with E-state index in [9.17, 15) is 14.4 Å². The molecule has 0 fully saturated rings. The Morgan fingerprint density at radius 2 is 1.59 bits per heavy atom. The lowest BCUT2D eigenvalue weighted by molar-refractivity contribution is -0.152. The third-order valence-corrected chi connectivity index (χ3v) is 4.92. The maximum atomic E-state index is 12.4. The first-order valence-electron chi connectivity index (χ1n) is 10.3. The van der Waals surface area contributed by atoms with Gasteiger partial charge in [0.1, 0.15) is 5.75 Å². The Morgan fingerprint density at radius 3 is 2.12 bits per heavy atom. The number of amides is 2. The molecule has 1 atom stereocenters. The summed E-state index contributed by atoms with van der Waals surface area (Å²) in [6.07, 6.45) is -0.0884. The van der Waals surface area contributed by atoms with Crippen molar-refractivity contribution < 1.29 is 23.9 Å². The first-order chi connectivity index (χ1) is 15.2. The maximum Gasteiger partial charge on any atom is 0.308 e. The summed E-state index contributed by atoms with van der Waals surface area (Å²) in [5, 5.41) is 2.74. The van der Waals surface area contributed by atoms with Crippen LogP contribution in [-0.2, 0) is 25.7 Å². The van der Waals surface area contributed by atoms with Gasteiger partial charge in [0.05, 0.1) is 19.6 Å². The Bertz CT molecular complexity index is 910. The van der Waals surface area contributed by atoms with E-state index in [1.54, 1.807) is 38.4 Å². The van der Waals surface area contributed by atoms with Gasteiger partial charge in [0.2, 0.25) is 5.91 Å². The molecule has 0 aliphatic carbocycles. The molecule has 0 aliphatic heterocycles. The van der Waals surface area contributed by atoms with Crippen molar-refractivity contribution in [2.75, 3.05) is 39.8 Å². The molecule has 32 heavy (non-hydrogen) atoms. The van der Waals surface area contributed by atoms with Gasteiger partial charge in [0, 0.05) is 40.3 Å². The summed E-state index contributed by atoms with van der Waals surface area (Å²) in [5.74, 6) is -0.482. The molecule has 2 aromatic carbocycles. The van der Waals surface area contributed by atoms with Crippen molar-refractivity contribution in [1.82, 2.24) is 10.2 Å². The summed E-state index contributed by atoms with van der Waals surface area (Å²) in [6.45, 7) is 1.43. The van der Waals surface area contributed by atoms with Gasteiger partial charge in [-0.05, 0) is 35.4 Å². The Balaban J connectivity index is 1.89. The topological polar surface area (TPSA) is 88.2 Å². The van der Waals surface area contributed by atoms with Gasteiger partial charge in [0.25, 0.3) is 5.91 Å². The minimum Gasteiger partial charge on any atom is -0.497 e. The predicted octanol–water partition coefficient (Wildman–Crippen LogP) is 2.53. The molecule has 1 unspecified atom stereocenters. The summed E-state index contributed by atoms with van der Waals surface area (Å²) in [5.41, 5.74) is 2.79. The highest BCUT2D eigenvalue weighted by molar-refractivity contribution is 5.81. The Labute approximate surface area is 189 Å². The fourth-order valence-corrected chi connectivity index (χ4v) is 3.07. The smallest absolute Gasteiger partial charge is 0.308 e. The standard InChI is InChI=1S/C24H31N3O5/c1-17(28)25-22(19-8-12-21(31-5)13-9-19)14-24(30)32-16-23(29)27(4)15-18-6-10-20(11-7-18)26(2)3/h6-13,22H,14-16H2,1-5H3,(H,25,28). The lowest BCUT2D eigenvalue weighted by atomic mass is 10.0. The van der Waals surface area contributed by atoms with Crippen LogP contribution < -0.4 is 15.0 Å². The summed E-state index contributed by atoms with van der Waals surface area (Å²) in [4.78, 5) is 39.8. The van der Waals surface area contributed by atoms with E-state index in [4.69, 9.17) is 9.47 Å². The Hall–Kier alpha value is -3.55. The van der Waals surface area contributed by atoms with Gasteiger partial charge < -0.3 is 24.6 Å². The Morgan fingerprint density at radius 1 is 0.969 bits per heavy atom. The van der Waals surface area contributed by atoms with E-state index in [-0.39, 0.29) is 24.8 Å². The molecule has 0 radical (unpaired) electrons. The highest BCUT2D eigenvalue weighted by Gasteiger charge is 2.20. The number of hydrogen-bond donors (Lipinski definition) is 1. The number of carbonyl (C=O) groups is 3. The quantitative estimate of drug-likeness (QED) is 0.570. The van der Waals surface area contributed by atoms with Crippen molar-refractivity contribution in [3.8, 4) is 5.75 Å². The number of hydrogen-bond acceptors (Lipinski definition) is 6. The molecule has 2 amide bonds. The molecular formula is C24H31N3O5. The van der Waals surface area contributed by atoms with E-state index in [1.165, 1.54) is 11.8 Å². The van der Waals surface area contributed by atoms with E-state index in [2.05, 4.69) is 5.32 Å². The zero-order chi connectivity index (χ0) is 23.7. The number of anilines is 1. The van der Waals surface area contributed by atoms with Gasteiger partial charge in [-0.2, -0.15) is 0 Å². The molecule has 8 nitrogen and oxygen atoms in total. The summed E-state index contributed by atoms with van der Waals surface area (Å²) in [6, 6.07) is 14.4. The fraction of sp³-hybridized carbons (Fsp3) is 0.375. The van der Waals surface area contributed by atoms with Crippen molar-refractivity contribution in [1.29, 1.82) is 0 Å². The average Bonchev–Trinajstić information content (AvgIpc) is 2.77. The largest absolute Gasteiger partial charge is 0.497 e. The average molecular weight is 442 g/mol. The molecule has 0 spiro atoms. The monoisotopic (exact) mass is 441 g/mol. The lowest BCUT2D eigenvalue weighted by Crippen LogP contribution is -2.32. The molecule has 1 N–H and O–H groups in total. The summed E-state index contributed by atoms with van der Waals surface area (Å²) in [7, 11) is 7.15. The maximum absolute atomic E-state index is 12.4. The molecule has 0 aliphatic rings. The number of methoxy groups -OCH3 is 1. The van der Waals surface area contributed by atoms with Crippen LogP contribution in [0, 0.1) is 0 Å². The van der Waals surface area contributed by atoms with Gasteiger partial charge in [0.15, 0.2) is 6.61 Å². The fourth-order valence-electron chi connectivity index (χ4n) is 3.07. The molecule has 0 saturated heterocycles. The second-order valence-corrected chi connectivity index (χ2v) is 7.70. The number of rotatable bonds is 10. The summed E-state index contributed by atoms with van der Waals surface area (Å²) < 4.78 is 10.3. The van der Waals surface area contributed by atoms with Crippen LogP contribution in [-0.4, -0.2) is 57.5 Å². The normalized spacial score (nSPS) is 11.3. The van der Waals surface area contributed by atoms with Gasteiger partial charge in [-0.25, -0.2) is 0 Å². The van der Waals surface area contributed by atoms with Crippen LogP contribution in [0.3, 0.4) is 0 Å². The SMILES string of the molecule is COc1ccc(C(CC(=O)OCC(=O)N(C)Cc2ccc(N(C)C)cc2)NC(C)=O)cc1. The predicted molar refractivity (Wildman–Crippen MR) is 122 cm³/mol. The van der Waals surface area contributed by atoms with Gasteiger partial charge in [-0.3, -0.25) is 14.4 Å². The number of ether oxygens (including phenoxy) is 2. The zero-order valence-electron chi connectivity index (χ0n) is 19.3. The highest BCUT2D eigenvalue weighted by atomic mass is 16.5. The first kappa shape index (κ1) is 24.7. The van der Waals surface area contributed by atoms with Gasteiger partial charge in [-0.15, -0.1) is 0 Å². The molecule has 172 valence electrons. The minimum atomic E-state index is -0.573. The van der Waals surface area contributed by atoms with E-state index >= 15 is 0 Å². The molecular weight excluding hydrogens is 410 g/mol. The molecule has 2 aromatic rings. The highest BCUT2D eigenvalue weighted by Crippen LogP contribution is 2.21. The number of nitrogens with one attached hydrogen (secondary N) is 1. The van der Waals surface area contributed by atoms with Crippen LogP contribution in [0.15, 0.2) is 48.5 Å². The van der Waals surface area contributed by atoms with Crippen molar-refractivity contribution in [3.63, 3.8) is 0 Å². The third-order valence-electron chi connectivity index (χ3n) is 4.92. The van der Waals surface area contributed by atoms with E-state index in [0.717, 1.165) is 16.8 Å². The van der Waals surface area contributed by atoms with Gasteiger partial charge in [-0.1, -0.05) is 24.3 Å². The first-order valence-corrected chi connectivity index (χ1v) is 10.3. The summed E-state index contributed by atoms with van der Waals surface area (Å²) >= 11 is 0. The third kappa shape index (κ3) is 7.61. The molecule has 0 aromatic heterocycles. The van der Waals surface area contributed by atoms with Crippen LogP contribution in [0.25, 0.3) is 0 Å². The van der Waals surface area contributed by atoms with Crippen molar-refractivity contribution in [3.05, 3.63) is 59.7 Å². The van der Waals surface area contributed by atoms with E-state index in [1.807, 2.05) is 43.3 Å². The minimum absolute atomic E-state index is 0.0884. The second kappa shape index (κ2) is 11.7. The molecule has 0 saturated carbocycles. The number of benzene rings is 2. The number of nitrogens with zero attached hydrogens (tertiary/aromatic N) is 2. The molecule has 0 bridgehead atoms. The van der Waals surface area contributed by atoms with Crippen LogP contribution in [0.4, 0.5) is 5.69 Å². The molecule has 8 heteroatoms. The van der Waals surface area contributed by atoms with Crippen molar-refractivity contribution in [2.45, 2.75) is 25.9 Å². The van der Waals surface area contributed by atoms with Crippen molar-refractivity contribution >= 4 is 23.5 Å². The van der Waals surface area contributed by atoms with Crippen LogP contribution >= 0.6 is 0 Å². The molecule has 0 heterocycles. The van der Waals surface area contributed by atoms with Crippen molar-refractivity contribution in [2.24, 2.45) is 0 Å². The Kier molecular flexibility index (Phi) is 9.07. The van der Waals surface area contributed by atoms with E-state index < -0.39 is 12.0 Å². The van der Waals surface area contributed by atoms with E-state index in [0.29, 0.717) is 12.3 Å². The number of likely N-dealkylation sites (N-methyl/N-ethyl adjacent to an activating group) is 1. The lowest BCUT2D eigenvalue weighted by Gasteiger charge is -2.20. The number of carbonyl (C=O) groups excluding carboxylic acids is 3. The number of esters is 1. The van der Waals surface area contributed by atoms with Gasteiger partial charge >= 0.3 is 5.97 Å².